The Morgan fingerprint density at radius 2 is 2.33 bits per heavy atom. The molecule has 5 heteroatoms. The van der Waals surface area contributed by atoms with Crippen molar-refractivity contribution < 1.29 is 19.4 Å². The van der Waals surface area contributed by atoms with Crippen molar-refractivity contribution in [2.24, 2.45) is 0 Å². The molecule has 0 aromatic carbocycles. The first-order valence-electron chi connectivity index (χ1n) is 3.60. The van der Waals surface area contributed by atoms with E-state index in [4.69, 9.17) is 5.11 Å². The van der Waals surface area contributed by atoms with Gasteiger partial charge in [-0.05, 0) is 0 Å². The number of likely N-dealkylation sites (N-methyl/N-ethyl adjacent to an activating group) is 1. The molecule has 0 aliphatic carbocycles. The van der Waals surface area contributed by atoms with Gasteiger partial charge in [0.2, 0.25) is 0 Å². The van der Waals surface area contributed by atoms with Crippen LogP contribution in [0.1, 0.15) is 6.42 Å². The summed E-state index contributed by atoms with van der Waals surface area (Å²) in [6.07, 6.45) is -0.929. The normalized spacial score (nSPS) is 29.2. The first-order valence-corrected chi connectivity index (χ1v) is 3.60. The number of ether oxygens (including phenoxy) is 1. The van der Waals surface area contributed by atoms with Crippen molar-refractivity contribution in [1.82, 2.24) is 4.90 Å². The molecule has 1 heterocycles. The molecule has 5 nitrogen and oxygen atoms in total. The Morgan fingerprint density at radius 1 is 1.75 bits per heavy atom. The van der Waals surface area contributed by atoms with E-state index in [0.717, 1.165) is 0 Å². The van der Waals surface area contributed by atoms with E-state index in [9.17, 15) is 9.59 Å². The molecule has 0 saturated carbocycles. The number of carbonyl (C=O) groups is 2. The van der Waals surface area contributed by atoms with E-state index in [1.807, 2.05) is 0 Å². The van der Waals surface area contributed by atoms with Crippen LogP contribution in [0.25, 0.3) is 0 Å². The van der Waals surface area contributed by atoms with Crippen molar-refractivity contribution in [2.75, 3.05) is 14.2 Å². The second-order valence-corrected chi connectivity index (χ2v) is 2.74. The minimum absolute atomic E-state index is 0.127. The molecule has 1 saturated heterocycles. The van der Waals surface area contributed by atoms with Gasteiger partial charge in [-0.1, -0.05) is 0 Å². The van der Waals surface area contributed by atoms with E-state index in [0.29, 0.717) is 0 Å². The molecule has 0 aromatic heterocycles. The van der Waals surface area contributed by atoms with Gasteiger partial charge in [-0.25, -0.2) is 4.79 Å². The topological polar surface area (TPSA) is 66.8 Å². The molecule has 1 aliphatic heterocycles. The highest BCUT2D eigenvalue weighted by Crippen LogP contribution is 2.17. The van der Waals surface area contributed by atoms with E-state index in [1.54, 1.807) is 0 Å². The van der Waals surface area contributed by atoms with Gasteiger partial charge >= 0.3 is 5.97 Å². The zero-order valence-corrected chi connectivity index (χ0v) is 6.98. The maximum Gasteiger partial charge on any atom is 0.328 e. The maximum absolute atomic E-state index is 11.0. The number of aliphatic hydroxyl groups is 1. The highest BCUT2D eigenvalue weighted by atomic mass is 16.5. The molecule has 0 bridgehead atoms. The smallest absolute Gasteiger partial charge is 0.328 e. The predicted octanol–water partition coefficient (Wildman–Crippen LogP) is -1.25. The molecule has 1 amide bonds. The molecule has 12 heavy (non-hydrogen) atoms. The van der Waals surface area contributed by atoms with Crippen molar-refractivity contribution >= 4 is 11.9 Å². The second kappa shape index (κ2) is 3.10. The molecule has 2 atom stereocenters. The summed E-state index contributed by atoms with van der Waals surface area (Å²) in [4.78, 5) is 23.2. The number of aliphatic hydroxyl groups excluding tert-OH is 1. The summed E-state index contributed by atoms with van der Waals surface area (Å²) in [7, 11) is 2.73. The van der Waals surface area contributed by atoms with E-state index in [1.165, 1.54) is 19.1 Å². The molecule has 1 fully saturated rings. The van der Waals surface area contributed by atoms with Gasteiger partial charge in [0.05, 0.1) is 7.11 Å². The zero-order valence-electron chi connectivity index (χ0n) is 6.98. The monoisotopic (exact) mass is 173 g/mol. The van der Waals surface area contributed by atoms with Gasteiger partial charge in [0, 0.05) is 13.5 Å². The van der Waals surface area contributed by atoms with Crippen LogP contribution in [0.15, 0.2) is 0 Å². The van der Waals surface area contributed by atoms with Crippen LogP contribution in [0, 0.1) is 0 Å². The summed E-state index contributed by atoms with van der Waals surface area (Å²) in [5, 5.41) is 9.08. The minimum Gasteiger partial charge on any atom is -0.467 e. The standard InChI is InChI=1S/C7H11NO4/c1-8-4(7(11)12-2)3-5(9)6(8)10/h4-5,9H,3H2,1-2H3/t4-,5-/m1/s1. The Hall–Kier alpha value is -1.10. The molecule has 68 valence electrons. The number of esters is 1. The van der Waals surface area contributed by atoms with Gasteiger partial charge in [-0.3, -0.25) is 4.79 Å². The Labute approximate surface area is 69.9 Å². The molecule has 0 spiro atoms. The fourth-order valence-corrected chi connectivity index (χ4v) is 1.25. The van der Waals surface area contributed by atoms with E-state index >= 15 is 0 Å². The number of amides is 1. The number of nitrogens with zero attached hydrogens (tertiary/aromatic N) is 1. The number of likely N-dealkylation sites (tertiary alicyclic amines) is 1. The fraction of sp³-hybridized carbons (Fsp3) is 0.714. The molecule has 1 aliphatic rings. The first kappa shape index (κ1) is 8.99. The molecule has 0 radical (unpaired) electrons. The molecule has 1 N–H and O–H groups in total. The Kier molecular flexibility index (Phi) is 2.32. The van der Waals surface area contributed by atoms with E-state index < -0.39 is 24.0 Å². The largest absolute Gasteiger partial charge is 0.467 e. The Bertz CT molecular complexity index is 215. The quantitative estimate of drug-likeness (QED) is 0.503. The lowest BCUT2D eigenvalue weighted by atomic mass is 10.2. The lowest BCUT2D eigenvalue weighted by Gasteiger charge is -2.15. The van der Waals surface area contributed by atoms with Gasteiger partial charge in [-0.15, -0.1) is 0 Å². The van der Waals surface area contributed by atoms with E-state index in [2.05, 4.69) is 4.74 Å². The summed E-state index contributed by atoms with van der Waals surface area (Å²) in [6, 6.07) is -0.627. The lowest BCUT2D eigenvalue weighted by Crippen LogP contribution is -2.36. The van der Waals surface area contributed by atoms with Crippen LogP contribution >= 0.6 is 0 Å². The number of methoxy groups -OCH3 is 1. The van der Waals surface area contributed by atoms with Gasteiger partial charge < -0.3 is 14.7 Å². The van der Waals surface area contributed by atoms with Gasteiger partial charge in [-0.2, -0.15) is 0 Å². The lowest BCUT2D eigenvalue weighted by molar-refractivity contribution is -0.148. The molecule has 0 unspecified atom stereocenters. The maximum atomic E-state index is 11.0. The highest BCUT2D eigenvalue weighted by Gasteiger charge is 2.40. The number of rotatable bonds is 1. The summed E-state index contributed by atoms with van der Waals surface area (Å²) < 4.78 is 4.46. The van der Waals surface area contributed by atoms with Crippen molar-refractivity contribution in [2.45, 2.75) is 18.6 Å². The number of carbonyl (C=O) groups excluding carboxylic acids is 2. The average Bonchev–Trinajstić information content (AvgIpc) is 2.32. The van der Waals surface area contributed by atoms with Gasteiger partial charge in [0.1, 0.15) is 12.1 Å². The van der Waals surface area contributed by atoms with Crippen LogP contribution in [0.5, 0.6) is 0 Å². The molecular weight excluding hydrogens is 162 g/mol. The van der Waals surface area contributed by atoms with Crippen LogP contribution in [-0.2, 0) is 14.3 Å². The first-order chi connectivity index (χ1) is 5.57. The SMILES string of the molecule is COC(=O)[C@H]1C[C@@H](O)C(=O)N1C. The van der Waals surface area contributed by atoms with Crippen LogP contribution in [0.3, 0.4) is 0 Å². The van der Waals surface area contributed by atoms with Crippen molar-refractivity contribution in [3.8, 4) is 0 Å². The molecular formula is C7H11NO4. The minimum atomic E-state index is -1.06. The molecule has 0 aromatic rings. The third-order valence-corrected chi connectivity index (χ3v) is 2.02. The van der Waals surface area contributed by atoms with Gasteiger partial charge in [0.15, 0.2) is 0 Å². The summed E-state index contributed by atoms with van der Waals surface area (Å²) in [5.41, 5.74) is 0. The van der Waals surface area contributed by atoms with Crippen molar-refractivity contribution in [3.63, 3.8) is 0 Å². The third kappa shape index (κ3) is 1.27. The summed E-state index contributed by atoms with van der Waals surface area (Å²) in [5.74, 6) is -0.909. The van der Waals surface area contributed by atoms with Crippen molar-refractivity contribution in [1.29, 1.82) is 0 Å². The number of hydrogen-bond donors (Lipinski definition) is 1. The zero-order chi connectivity index (χ0) is 9.30. The summed E-state index contributed by atoms with van der Waals surface area (Å²) >= 11 is 0. The van der Waals surface area contributed by atoms with Crippen LogP contribution < -0.4 is 0 Å². The Balaban J connectivity index is 2.71. The highest BCUT2D eigenvalue weighted by molar-refractivity contribution is 5.90. The van der Waals surface area contributed by atoms with Gasteiger partial charge in [0.25, 0.3) is 5.91 Å². The second-order valence-electron chi connectivity index (χ2n) is 2.74. The van der Waals surface area contributed by atoms with Crippen LogP contribution in [0.4, 0.5) is 0 Å². The van der Waals surface area contributed by atoms with Crippen LogP contribution in [-0.4, -0.2) is 48.2 Å². The fourth-order valence-electron chi connectivity index (χ4n) is 1.25. The summed E-state index contributed by atoms with van der Waals surface area (Å²) in [6.45, 7) is 0. The number of hydrogen-bond acceptors (Lipinski definition) is 4. The Morgan fingerprint density at radius 3 is 2.67 bits per heavy atom. The van der Waals surface area contributed by atoms with Crippen LogP contribution in [0.2, 0.25) is 0 Å². The third-order valence-electron chi connectivity index (χ3n) is 2.02. The van der Waals surface area contributed by atoms with Crippen molar-refractivity contribution in [3.05, 3.63) is 0 Å². The van der Waals surface area contributed by atoms with E-state index in [-0.39, 0.29) is 6.42 Å². The average molecular weight is 173 g/mol. The molecule has 1 rings (SSSR count). The predicted molar refractivity (Wildman–Crippen MR) is 39.2 cm³/mol.